The number of fused-ring (bicyclic) bond motifs is 1. The Labute approximate surface area is 131 Å². The second kappa shape index (κ2) is 5.60. The van der Waals surface area contributed by atoms with E-state index in [1.165, 1.54) is 4.90 Å². The highest BCUT2D eigenvalue weighted by molar-refractivity contribution is 9.10. The summed E-state index contributed by atoms with van der Waals surface area (Å²) in [6.07, 6.45) is 0.770. The molecule has 0 aromatic heterocycles. The SMILES string of the molecule is CCC(C)(C)NC(=O)CN1C(=O)C(=O)c2cccc(Br)c21. The summed E-state index contributed by atoms with van der Waals surface area (Å²) in [5, 5.41) is 2.86. The molecule has 1 aromatic rings. The van der Waals surface area contributed by atoms with Gasteiger partial charge >= 0.3 is 0 Å². The zero-order valence-corrected chi connectivity index (χ0v) is 13.8. The van der Waals surface area contributed by atoms with Gasteiger partial charge < -0.3 is 5.32 Å². The van der Waals surface area contributed by atoms with Gasteiger partial charge in [-0.3, -0.25) is 19.3 Å². The number of rotatable bonds is 4. The highest BCUT2D eigenvalue weighted by Crippen LogP contribution is 2.35. The van der Waals surface area contributed by atoms with E-state index in [2.05, 4.69) is 21.2 Å². The van der Waals surface area contributed by atoms with E-state index in [0.717, 1.165) is 6.42 Å². The van der Waals surface area contributed by atoms with E-state index in [9.17, 15) is 14.4 Å². The Morgan fingerprint density at radius 1 is 1.33 bits per heavy atom. The van der Waals surface area contributed by atoms with Crippen molar-refractivity contribution in [3.8, 4) is 0 Å². The Morgan fingerprint density at radius 2 is 2.00 bits per heavy atom. The molecule has 1 aromatic carbocycles. The number of nitrogens with zero attached hydrogens (tertiary/aromatic N) is 1. The van der Waals surface area contributed by atoms with Gasteiger partial charge in [-0.05, 0) is 48.3 Å². The van der Waals surface area contributed by atoms with Crippen LogP contribution in [0.25, 0.3) is 0 Å². The Balaban J connectivity index is 2.25. The van der Waals surface area contributed by atoms with Crippen molar-refractivity contribution in [1.82, 2.24) is 5.32 Å². The van der Waals surface area contributed by atoms with Crippen molar-refractivity contribution in [2.75, 3.05) is 11.4 Å². The number of hydrogen-bond acceptors (Lipinski definition) is 3. The highest BCUT2D eigenvalue weighted by atomic mass is 79.9. The number of para-hydroxylation sites is 1. The predicted octanol–water partition coefficient (Wildman–Crippen LogP) is 2.28. The van der Waals surface area contributed by atoms with Crippen LogP contribution in [0.1, 0.15) is 37.6 Å². The Morgan fingerprint density at radius 3 is 2.62 bits per heavy atom. The smallest absolute Gasteiger partial charge is 0.299 e. The lowest BCUT2D eigenvalue weighted by atomic mass is 10.0. The lowest BCUT2D eigenvalue weighted by Gasteiger charge is -2.26. The summed E-state index contributed by atoms with van der Waals surface area (Å²) < 4.78 is 0.627. The molecule has 1 heterocycles. The zero-order chi connectivity index (χ0) is 15.8. The number of carbonyl (C=O) groups is 3. The standard InChI is InChI=1S/C15H17BrN2O3/c1-4-15(2,3)17-11(19)8-18-12-9(13(20)14(18)21)6-5-7-10(12)16/h5-7H,4,8H2,1-3H3,(H,17,19). The number of nitrogens with one attached hydrogen (secondary N) is 1. The molecule has 6 heteroatoms. The fraction of sp³-hybridized carbons (Fsp3) is 0.400. The molecule has 0 spiro atoms. The van der Waals surface area contributed by atoms with Crippen LogP contribution in [0.2, 0.25) is 0 Å². The topological polar surface area (TPSA) is 66.5 Å². The van der Waals surface area contributed by atoms with Crippen molar-refractivity contribution >= 4 is 39.2 Å². The molecule has 2 amide bonds. The second-order valence-corrected chi connectivity index (χ2v) is 6.50. The number of hydrogen-bond donors (Lipinski definition) is 1. The lowest BCUT2D eigenvalue weighted by molar-refractivity contribution is -0.123. The predicted molar refractivity (Wildman–Crippen MR) is 83.3 cm³/mol. The van der Waals surface area contributed by atoms with Crippen molar-refractivity contribution in [3.05, 3.63) is 28.2 Å². The monoisotopic (exact) mass is 352 g/mol. The molecule has 0 aliphatic carbocycles. The van der Waals surface area contributed by atoms with E-state index >= 15 is 0 Å². The van der Waals surface area contributed by atoms with E-state index in [4.69, 9.17) is 0 Å². The molecule has 112 valence electrons. The molecular weight excluding hydrogens is 336 g/mol. The molecule has 5 nitrogen and oxygen atoms in total. The van der Waals surface area contributed by atoms with E-state index in [0.29, 0.717) is 15.7 Å². The van der Waals surface area contributed by atoms with Crippen LogP contribution in [0.4, 0.5) is 5.69 Å². The summed E-state index contributed by atoms with van der Waals surface area (Å²) in [5.74, 6) is -1.53. The van der Waals surface area contributed by atoms with E-state index in [1.54, 1.807) is 18.2 Å². The van der Waals surface area contributed by atoms with E-state index < -0.39 is 11.7 Å². The minimum absolute atomic E-state index is 0.163. The molecule has 0 unspecified atom stereocenters. The average Bonchev–Trinajstić information content (AvgIpc) is 2.65. The third-order valence-electron chi connectivity index (χ3n) is 3.60. The van der Waals surface area contributed by atoms with E-state index in [1.807, 2.05) is 20.8 Å². The summed E-state index contributed by atoms with van der Waals surface area (Å²) in [7, 11) is 0. The van der Waals surface area contributed by atoms with Crippen molar-refractivity contribution in [3.63, 3.8) is 0 Å². The van der Waals surface area contributed by atoms with Crippen molar-refractivity contribution in [2.24, 2.45) is 0 Å². The first kappa shape index (κ1) is 15.7. The van der Waals surface area contributed by atoms with Gasteiger partial charge in [0.05, 0.1) is 11.3 Å². The van der Waals surface area contributed by atoms with Gasteiger partial charge in [0.15, 0.2) is 0 Å². The molecule has 1 N–H and O–H groups in total. The quantitative estimate of drug-likeness (QED) is 0.845. The van der Waals surface area contributed by atoms with Crippen LogP contribution in [-0.2, 0) is 9.59 Å². The van der Waals surface area contributed by atoms with Gasteiger partial charge in [-0.15, -0.1) is 0 Å². The molecule has 21 heavy (non-hydrogen) atoms. The second-order valence-electron chi connectivity index (χ2n) is 5.64. The van der Waals surface area contributed by atoms with Crippen LogP contribution >= 0.6 is 15.9 Å². The fourth-order valence-corrected chi connectivity index (χ4v) is 2.69. The molecule has 1 aliphatic rings. The van der Waals surface area contributed by atoms with Crippen LogP contribution in [0.3, 0.4) is 0 Å². The molecular formula is C15H17BrN2O3. The zero-order valence-electron chi connectivity index (χ0n) is 12.2. The van der Waals surface area contributed by atoms with Gasteiger partial charge in [0.2, 0.25) is 5.91 Å². The first-order valence-electron chi connectivity index (χ1n) is 6.72. The first-order valence-corrected chi connectivity index (χ1v) is 7.52. The molecule has 2 rings (SSSR count). The largest absolute Gasteiger partial charge is 0.350 e. The average molecular weight is 353 g/mol. The number of anilines is 1. The van der Waals surface area contributed by atoms with Gasteiger partial charge in [0, 0.05) is 10.0 Å². The molecule has 0 fully saturated rings. The van der Waals surface area contributed by atoms with Crippen molar-refractivity contribution in [2.45, 2.75) is 32.7 Å². The number of benzene rings is 1. The van der Waals surface area contributed by atoms with Crippen LogP contribution in [0.5, 0.6) is 0 Å². The fourth-order valence-electron chi connectivity index (χ4n) is 2.11. The van der Waals surface area contributed by atoms with Gasteiger partial charge in [-0.25, -0.2) is 0 Å². The minimum atomic E-state index is -0.665. The lowest BCUT2D eigenvalue weighted by Crippen LogP contribution is -2.48. The van der Waals surface area contributed by atoms with Gasteiger partial charge in [0.1, 0.15) is 6.54 Å². The molecule has 1 aliphatic heterocycles. The normalized spacial score (nSPS) is 14.4. The number of ketones is 1. The molecule has 0 atom stereocenters. The molecule has 0 radical (unpaired) electrons. The van der Waals surface area contributed by atoms with Crippen molar-refractivity contribution < 1.29 is 14.4 Å². The Hall–Kier alpha value is -1.69. The summed E-state index contributed by atoms with van der Waals surface area (Å²) in [4.78, 5) is 37.3. The third kappa shape index (κ3) is 3.00. The van der Waals surface area contributed by atoms with Gasteiger partial charge in [-0.1, -0.05) is 13.0 Å². The number of carbonyl (C=O) groups excluding carboxylic acids is 3. The van der Waals surface area contributed by atoms with E-state index in [-0.39, 0.29) is 18.0 Å². The summed E-state index contributed by atoms with van der Waals surface area (Å²) in [6, 6.07) is 5.03. The number of halogens is 1. The number of Topliss-reactive ketones (excluding diaryl/α,β-unsaturated/α-hetero) is 1. The van der Waals surface area contributed by atoms with Crippen LogP contribution in [0.15, 0.2) is 22.7 Å². The summed E-state index contributed by atoms with van der Waals surface area (Å²) in [6.45, 7) is 5.62. The summed E-state index contributed by atoms with van der Waals surface area (Å²) in [5.41, 5.74) is 0.453. The highest BCUT2D eigenvalue weighted by Gasteiger charge is 2.38. The van der Waals surface area contributed by atoms with Crippen LogP contribution in [-0.4, -0.2) is 29.7 Å². The molecule has 0 bridgehead atoms. The minimum Gasteiger partial charge on any atom is -0.350 e. The Kier molecular flexibility index (Phi) is 4.18. The van der Waals surface area contributed by atoms with Crippen LogP contribution < -0.4 is 10.2 Å². The van der Waals surface area contributed by atoms with Gasteiger partial charge in [-0.2, -0.15) is 0 Å². The maximum absolute atomic E-state index is 12.1. The van der Waals surface area contributed by atoms with Crippen LogP contribution in [0, 0.1) is 0 Å². The maximum Gasteiger partial charge on any atom is 0.299 e. The summed E-state index contributed by atoms with van der Waals surface area (Å²) >= 11 is 3.33. The van der Waals surface area contributed by atoms with Crippen molar-refractivity contribution in [1.29, 1.82) is 0 Å². The Bertz CT molecular complexity index is 625. The third-order valence-corrected chi connectivity index (χ3v) is 4.24. The van der Waals surface area contributed by atoms with Gasteiger partial charge in [0.25, 0.3) is 11.7 Å². The number of amides is 2. The maximum atomic E-state index is 12.1. The molecule has 0 saturated carbocycles. The first-order chi connectivity index (χ1) is 9.76. The molecule has 0 saturated heterocycles.